The van der Waals surface area contributed by atoms with Gasteiger partial charge in [0.2, 0.25) is 0 Å². The number of benzene rings is 1. The first-order chi connectivity index (χ1) is 13.3. The van der Waals surface area contributed by atoms with Crippen LogP contribution in [0.3, 0.4) is 0 Å². The summed E-state index contributed by atoms with van der Waals surface area (Å²) < 4.78 is 51.3. The minimum atomic E-state index is -4.41. The van der Waals surface area contributed by atoms with Crippen molar-refractivity contribution in [3.8, 4) is 0 Å². The van der Waals surface area contributed by atoms with Gasteiger partial charge in [0.15, 0.2) is 11.7 Å². The van der Waals surface area contributed by atoms with Crippen LogP contribution < -0.4 is 10.6 Å². The average Bonchev–Trinajstić information content (AvgIpc) is 3.28. The molecule has 28 heavy (non-hydrogen) atoms. The van der Waals surface area contributed by atoms with Gasteiger partial charge in [0, 0.05) is 30.3 Å². The van der Waals surface area contributed by atoms with Crippen molar-refractivity contribution in [3.05, 3.63) is 51.7 Å². The van der Waals surface area contributed by atoms with E-state index >= 15 is 0 Å². The summed E-state index contributed by atoms with van der Waals surface area (Å²) in [6, 6.07) is 6.62. The Kier molecular flexibility index (Phi) is 6.22. The molecule has 0 unspecified atom stereocenters. The Morgan fingerprint density at radius 3 is 2.68 bits per heavy atom. The minimum Gasteiger partial charge on any atom is -0.357 e. The molecule has 4 nitrogen and oxygen atoms in total. The summed E-state index contributed by atoms with van der Waals surface area (Å²) in [5.74, 6) is 0.345. The number of aliphatic imine (C=N–C) groups is 1. The maximum atomic E-state index is 13.5. The molecule has 0 saturated heterocycles. The molecule has 9 heteroatoms. The van der Waals surface area contributed by atoms with E-state index in [1.807, 2.05) is 13.0 Å². The highest BCUT2D eigenvalue weighted by Gasteiger charge is 2.44. The van der Waals surface area contributed by atoms with Gasteiger partial charge < -0.3 is 10.6 Å². The quantitative estimate of drug-likeness (QED) is 0.407. The highest BCUT2D eigenvalue weighted by molar-refractivity contribution is 7.09. The topological polar surface area (TPSA) is 49.3 Å². The van der Waals surface area contributed by atoms with Gasteiger partial charge in [-0.2, -0.15) is 13.2 Å². The van der Waals surface area contributed by atoms with E-state index < -0.39 is 11.9 Å². The van der Waals surface area contributed by atoms with Gasteiger partial charge in [-0.05, 0) is 37.5 Å². The fraction of sp³-hybridized carbons (Fsp3) is 0.474. The molecule has 152 valence electrons. The van der Waals surface area contributed by atoms with Crippen LogP contribution in [0.4, 0.5) is 17.6 Å². The Labute approximate surface area is 165 Å². The predicted octanol–water partition coefficient (Wildman–Crippen LogP) is 4.13. The van der Waals surface area contributed by atoms with Crippen LogP contribution in [0.2, 0.25) is 0 Å². The van der Waals surface area contributed by atoms with Crippen molar-refractivity contribution in [2.24, 2.45) is 4.99 Å². The van der Waals surface area contributed by atoms with Crippen LogP contribution in [0.1, 0.15) is 36.0 Å². The number of hydrogen-bond donors (Lipinski definition) is 2. The Morgan fingerprint density at radius 1 is 1.29 bits per heavy atom. The first-order valence-corrected chi connectivity index (χ1v) is 10.0. The molecule has 1 aliphatic carbocycles. The van der Waals surface area contributed by atoms with Crippen molar-refractivity contribution in [2.75, 3.05) is 19.6 Å². The number of nitrogens with zero attached hydrogens (tertiary/aromatic N) is 2. The number of guanidine groups is 1. The van der Waals surface area contributed by atoms with Crippen LogP contribution in [0.15, 0.2) is 34.6 Å². The molecule has 0 bridgehead atoms. The van der Waals surface area contributed by atoms with Crippen LogP contribution in [0.5, 0.6) is 0 Å². The number of hydrogen-bond acceptors (Lipinski definition) is 3. The normalized spacial score (nSPS) is 16.1. The SMILES string of the molecule is CCNC(=NCC1(c2cccc(F)c2)CC1)NCCc1nc(C(F)(F)F)cs1. The van der Waals surface area contributed by atoms with Gasteiger partial charge in [-0.15, -0.1) is 11.3 Å². The van der Waals surface area contributed by atoms with E-state index in [1.165, 1.54) is 6.07 Å². The van der Waals surface area contributed by atoms with E-state index in [0.29, 0.717) is 37.0 Å². The zero-order chi connectivity index (χ0) is 20.2. The lowest BCUT2D eigenvalue weighted by Gasteiger charge is -2.16. The van der Waals surface area contributed by atoms with Gasteiger partial charge in [-0.25, -0.2) is 9.37 Å². The number of halogens is 4. The van der Waals surface area contributed by atoms with E-state index in [2.05, 4.69) is 20.6 Å². The lowest BCUT2D eigenvalue weighted by molar-refractivity contribution is -0.140. The number of rotatable bonds is 7. The third-order valence-corrected chi connectivity index (χ3v) is 5.56. The third-order valence-electron chi connectivity index (χ3n) is 4.65. The summed E-state index contributed by atoms with van der Waals surface area (Å²) in [5.41, 5.74) is -0.0186. The van der Waals surface area contributed by atoms with Crippen molar-refractivity contribution < 1.29 is 17.6 Å². The Balaban J connectivity index is 1.57. The van der Waals surface area contributed by atoms with Crippen molar-refractivity contribution in [2.45, 2.75) is 37.8 Å². The molecule has 0 spiro atoms. The number of alkyl halides is 3. The first-order valence-electron chi connectivity index (χ1n) is 9.12. The second-order valence-corrected chi connectivity index (χ2v) is 7.73. The molecule has 0 amide bonds. The largest absolute Gasteiger partial charge is 0.434 e. The molecule has 1 saturated carbocycles. The standard InChI is InChI=1S/C19H22F4N4S/c1-2-24-17(25-9-6-16-27-15(11-28-16)19(21,22)23)26-12-18(7-8-18)13-4-3-5-14(20)10-13/h3-5,10-11H,2,6-9,12H2,1H3,(H2,24,25,26). The molecule has 3 rings (SSSR count). The van der Waals surface area contributed by atoms with Gasteiger partial charge in [0.1, 0.15) is 5.82 Å². The van der Waals surface area contributed by atoms with Crippen LogP contribution in [0.25, 0.3) is 0 Å². The van der Waals surface area contributed by atoms with Crippen molar-refractivity contribution in [1.82, 2.24) is 15.6 Å². The van der Waals surface area contributed by atoms with E-state index in [-0.39, 0.29) is 11.2 Å². The Hall–Kier alpha value is -2.16. The highest BCUT2D eigenvalue weighted by Crippen LogP contribution is 2.48. The van der Waals surface area contributed by atoms with E-state index in [4.69, 9.17) is 0 Å². The van der Waals surface area contributed by atoms with Gasteiger partial charge >= 0.3 is 6.18 Å². The third kappa shape index (κ3) is 5.21. The molecule has 2 N–H and O–H groups in total. The number of thiazole rings is 1. The van der Waals surface area contributed by atoms with Crippen LogP contribution >= 0.6 is 11.3 Å². The van der Waals surface area contributed by atoms with Crippen LogP contribution in [0, 0.1) is 5.82 Å². The fourth-order valence-electron chi connectivity index (χ4n) is 2.92. The summed E-state index contributed by atoms with van der Waals surface area (Å²) in [7, 11) is 0. The molecule has 2 aromatic rings. The maximum Gasteiger partial charge on any atom is 0.434 e. The second-order valence-electron chi connectivity index (χ2n) is 6.79. The van der Waals surface area contributed by atoms with Crippen molar-refractivity contribution in [1.29, 1.82) is 0 Å². The summed E-state index contributed by atoms with van der Waals surface area (Å²) >= 11 is 1.00. The molecule has 1 fully saturated rings. The van der Waals surface area contributed by atoms with Crippen LogP contribution in [-0.4, -0.2) is 30.6 Å². The lowest BCUT2D eigenvalue weighted by Crippen LogP contribution is -2.39. The first kappa shape index (κ1) is 20.6. The van der Waals surface area contributed by atoms with Crippen molar-refractivity contribution in [3.63, 3.8) is 0 Å². The molecular formula is C19H22F4N4S. The number of aromatic nitrogens is 1. The van der Waals surface area contributed by atoms with E-state index in [9.17, 15) is 17.6 Å². The molecule has 0 radical (unpaired) electrons. The Bertz CT molecular complexity index is 827. The zero-order valence-corrected chi connectivity index (χ0v) is 16.3. The van der Waals surface area contributed by atoms with Crippen molar-refractivity contribution >= 4 is 17.3 Å². The molecule has 0 aliphatic heterocycles. The van der Waals surface area contributed by atoms with E-state index in [1.54, 1.807) is 12.1 Å². The molecule has 1 aromatic heterocycles. The minimum absolute atomic E-state index is 0.124. The van der Waals surface area contributed by atoms with Gasteiger partial charge in [0.25, 0.3) is 0 Å². The van der Waals surface area contributed by atoms with E-state index in [0.717, 1.165) is 35.1 Å². The second kappa shape index (κ2) is 8.46. The molecule has 0 atom stereocenters. The molecule has 1 heterocycles. The lowest BCUT2D eigenvalue weighted by atomic mass is 9.96. The monoisotopic (exact) mass is 414 g/mol. The molecular weight excluding hydrogens is 392 g/mol. The fourth-order valence-corrected chi connectivity index (χ4v) is 3.73. The van der Waals surface area contributed by atoms with Gasteiger partial charge in [0.05, 0.1) is 11.6 Å². The highest BCUT2D eigenvalue weighted by atomic mass is 32.1. The summed E-state index contributed by atoms with van der Waals surface area (Å²) in [6.45, 7) is 3.55. The number of nitrogens with one attached hydrogen (secondary N) is 2. The summed E-state index contributed by atoms with van der Waals surface area (Å²) in [5, 5.41) is 7.72. The molecule has 1 aromatic carbocycles. The van der Waals surface area contributed by atoms with Crippen LogP contribution in [-0.2, 0) is 18.0 Å². The van der Waals surface area contributed by atoms with Gasteiger partial charge in [-0.3, -0.25) is 4.99 Å². The summed E-state index contributed by atoms with van der Waals surface area (Å²) in [6.07, 6.45) is -2.12. The zero-order valence-electron chi connectivity index (χ0n) is 15.4. The van der Waals surface area contributed by atoms with Gasteiger partial charge in [-0.1, -0.05) is 12.1 Å². The Morgan fingerprint density at radius 2 is 2.07 bits per heavy atom. The summed E-state index contributed by atoms with van der Waals surface area (Å²) in [4.78, 5) is 8.23. The molecule has 1 aliphatic rings. The predicted molar refractivity (Wildman–Crippen MR) is 102 cm³/mol. The smallest absolute Gasteiger partial charge is 0.357 e. The average molecular weight is 414 g/mol. The maximum absolute atomic E-state index is 13.5.